The molecule has 6 nitrogen and oxygen atoms in total. The Labute approximate surface area is 121 Å². The lowest BCUT2D eigenvalue weighted by Gasteiger charge is -2.27. The molecule has 2 N–H and O–H groups in total. The number of hydrogen-bond donors (Lipinski definition) is 2. The SMILES string of the molecule is CCNc1ncc(S(=O)(=O)NCC(C)C(C)(C)C)cn1. The normalized spacial score (nSPS) is 14.1. The van der Waals surface area contributed by atoms with Gasteiger partial charge in [0.25, 0.3) is 0 Å². The third-order valence-corrected chi connectivity index (χ3v) is 4.71. The highest BCUT2D eigenvalue weighted by atomic mass is 32.2. The molecule has 20 heavy (non-hydrogen) atoms. The summed E-state index contributed by atoms with van der Waals surface area (Å²) in [5, 5.41) is 2.92. The third kappa shape index (κ3) is 4.72. The Bertz CT molecular complexity index is 520. The fraction of sp³-hybridized carbons (Fsp3) is 0.692. The van der Waals surface area contributed by atoms with Crippen molar-refractivity contribution in [1.29, 1.82) is 0 Å². The van der Waals surface area contributed by atoms with Gasteiger partial charge in [0, 0.05) is 13.1 Å². The Morgan fingerprint density at radius 2 is 1.80 bits per heavy atom. The maximum atomic E-state index is 12.1. The van der Waals surface area contributed by atoms with E-state index in [0.717, 1.165) is 0 Å². The Balaban J connectivity index is 2.74. The van der Waals surface area contributed by atoms with Gasteiger partial charge >= 0.3 is 0 Å². The first-order valence-corrected chi connectivity index (χ1v) is 8.20. The molecule has 0 aliphatic heterocycles. The summed E-state index contributed by atoms with van der Waals surface area (Å²) in [6.45, 7) is 11.3. The van der Waals surface area contributed by atoms with E-state index < -0.39 is 10.0 Å². The lowest BCUT2D eigenvalue weighted by atomic mass is 9.82. The summed E-state index contributed by atoms with van der Waals surface area (Å²) in [4.78, 5) is 8.02. The second-order valence-corrected chi connectivity index (χ2v) is 7.66. The molecule has 1 atom stereocenters. The first kappa shape index (κ1) is 16.8. The summed E-state index contributed by atoms with van der Waals surface area (Å²) < 4.78 is 26.8. The second kappa shape index (κ2) is 6.49. The van der Waals surface area contributed by atoms with Gasteiger partial charge in [-0.05, 0) is 18.3 Å². The van der Waals surface area contributed by atoms with E-state index in [-0.39, 0.29) is 16.2 Å². The molecular formula is C13H24N4O2S. The molecule has 0 aromatic carbocycles. The van der Waals surface area contributed by atoms with Gasteiger partial charge in [0.15, 0.2) is 0 Å². The zero-order valence-electron chi connectivity index (χ0n) is 12.8. The number of nitrogens with zero attached hydrogens (tertiary/aromatic N) is 2. The second-order valence-electron chi connectivity index (χ2n) is 5.89. The molecular weight excluding hydrogens is 276 g/mol. The molecule has 1 aromatic heterocycles. The predicted molar refractivity (Wildman–Crippen MR) is 80.0 cm³/mol. The average molecular weight is 300 g/mol. The van der Waals surface area contributed by atoms with Crippen molar-refractivity contribution in [3.05, 3.63) is 12.4 Å². The number of hydrogen-bond acceptors (Lipinski definition) is 5. The Morgan fingerprint density at radius 1 is 1.25 bits per heavy atom. The highest BCUT2D eigenvalue weighted by molar-refractivity contribution is 7.89. The van der Waals surface area contributed by atoms with Gasteiger partial charge in [0.2, 0.25) is 16.0 Å². The Morgan fingerprint density at radius 3 is 2.25 bits per heavy atom. The van der Waals surface area contributed by atoms with Gasteiger partial charge in [-0.1, -0.05) is 27.7 Å². The molecule has 0 amide bonds. The molecule has 0 radical (unpaired) electrons. The van der Waals surface area contributed by atoms with Gasteiger partial charge in [-0.25, -0.2) is 23.1 Å². The molecule has 0 spiro atoms. The first-order valence-electron chi connectivity index (χ1n) is 6.72. The molecule has 0 aliphatic carbocycles. The summed E-state index contributed by atoms with van der Waals surface area (Å²) >= 11 is 0. The van der Waals surface area contributed by atoms with Crippen molar-refractivity contribution in [2.45, 2.75) is 39.5 Å². The molecule has 7 heteroatoms. The minimum atomic E-state index is -3.55. The Kier molecular flexibility index (Phi) is 5.47. The van der Waals surface area contributed by atoms with Crippen LogP contribution in [-0.2, 0) is 10.0 Å². The summed E-state index contributed by atoms with van der Waals surface area (Å²) in [5.41, 5.74) is 0.0495. The van der Waals surface area contributed by atoms with Crippen LogP contribution in [0.1, 0.15) is 34.6 Å². The smallest absolute Gasteiger partial charge is 0.243 e. The van der Waals surface area contributed by atoms with Crippen LogP contribution in [0.3, 0.4) is 0 Å². The van der Waals surface area contributed by atoms with Crippen molar-refractivity contribution in [3.63, 3.8) is 0 Å². The molecule has 0 saturated carbocycles. The predicted octanol–water partition coefficient (Wildman–Crippen LogP) is 1.87. The number of nitrogens with one attached hydrogen (secondary N) is 2. The molecule has 114 valence electrons. The third-order valence-electron chi connectivity index (χ3n) is 3.33. The van der Waals surface area contributed by atoms with Gasteiger partial charge < -0.3 is 5.32 Å². The van der Waals surface area contributed by atoms with Crippen molar-refractivity contribution >= 4 is 16.0 Å². The zero-order chi connectivity index (χ0) is 15.4. The lowest BCUT2D eigenvalue weighted by molar-refractivity contribution is 0.263. The van der Waals surface area contributed by atoms with Crippen molar-refractivity contribution in [2.24, 2.45) is 11.3 Å². The van der Waals surface area contributed by atoms with Crippen LogP contribution in [0.25, 0.3) is 0 Å². The van der Waals surface area contributed by atoms with Crippen LogP contribution in [0, 0.1) is 11.3 Å². The molecule has 1 rings (SSSR count). The molecule has 1 unspecified atom stereocenters. The van der Waals surface area contributed by atoms with E-state index in [1.54, 1.807) is 0 Å². The van der Waals surface area contributed by atoms with Crippen molar-refractivity contribution in [1.82, 2.24) is 14.7 Å². The van der Waals surface area contributed by atoms with Gasteiger partial charge in [-0.3, -0.25) is 0 Å². The summed E-state index contributed by atoms with van der Waals surface area (Å²) in [6, 6.07) is 0. The van der Waals surface area contributed by atoms with E-state index in [9.17, 15) is 8.42 Å². The first-order chi connectivity index (χ1) is 9.16. The minimum absolute atomic E-state index is 0.0495. The van der Waals surface area contributed by atoms with E-state index >= 15 is 0 Å². The number of anilines is 1. The fourth-order valence-corrected chi connectivity index (χ4v) is 2.35. The fourth-order valence-electron chi connectivity index (χ4n) is 1.33. The van der Waals surface area contributed by atoms with Gasteiger partial charge in [-0.15, -0.1) is 0 Å². The lowest BCUT2D eigenvalue weighted by Crippen LogP contribution is -2.33. The molecule has 0 fully saturated rings. The van der Waals surface area contributed by atoms with Crippen LogP contribution in [0.5, 0.6) is 0 Å². The maximum absolute atomic E-state index is 12.1. The topological polar surface area (TPSA) is 84.0 Å². The van der Waals surface area contributed by atoms with Crippen LogP contribution in [-0.4, -0.2) is 31.5 Å². The van der Waals surface area contributed by atoms with Gasteiger partial charge in [-0.2, -0.15) is 0 Å². The highest BCUT2D eigenvalue weighted by Gasteiger charge is 2.23. The minimum Gasteiger partial charge on any atom is -0.355 e. The molecule has 0 aliphatic rings. The van der Waals surface area contributed by atoms with Crippen LogP contribution in [0.2, 0.25) is 0 Å². The molecule has 1 aromatic rings. The van der Waals surface area contributed by atoms with E-state index in [4.69, 9.17) is 0 Å². The number of aromatic nitrogens is 2. The van der Waals surface area contributed by atoms with E-state index in [0.29, 0.717) is 19.0 Å². The highest BCUT2D eigenvalue weighted by Crippen LogP contribution is 2.24. The van der Waals surface area contributed by atoms with Crippen molar-refractivity contribution in [2.75, 3.05) is 18.4 Å². The van der Waals surface area contributed by atoms with Crippen LogP contribution in [0.4, 0.5) is 5.95 Å². The molecule has 0 saturated heterocycles. The monoisotopic (exact) mass is 300 g/mol. The average Bonchev–Trinajstić information content (AvgIpc) is 2.36. The van der Waals surface area contributed by atoms with Gasteiger partial charge in [0.1, 0.15) is 4.90 Å². The molecule has 0 bridgehead atoms. The van der Waals surface area contributed by atoms with Crippen LogP contribution >= 0.6 is 0 Å². The van der Waals surface area contributed by atoms with E-state index in [1.807, 2.05) is 13.8 Å². The van der Waals surface area contributed by atoms with E-state index in [2.05, 4.69) is 40.8 Å². The summed E-state index contributed by atoms with van der Waals surface area (Å²) in [5.74, 6) is 0.647. The summed E-state index contributed by atoms with van der Waals surface area (Å²) in [7, 11) is -3.55. The van der Waals surface area contributed by atoms with E-state index in [1.165, 1.54) is 12.4 Å². The zero-order valence-corrected chi connectivity index (χ0v) is 13.6. The van der Waals surface area contributed by atoms with Crippen LogP contribution in [0.15, 0.2) is 17.3 Å². The standard InChI is InChI=1S/C13H24N4O2S/c1-6-14-12-15-8-11(9-16-12)20(18,19)17-7-10(2)13(3,4)5/h8-10,17H,6-7H2,1-5H3,(H,14,15,16). The Hall–Kier alpha value is -1.21. The van der Waals surface area contributed by atoms with Crippen LogP contribution < -0.4 is 10.0 Å². The molecule has 1 heterocycles. The van der Waals surface area contributed by atoms with Crippen molar-refractivity contribution < 1.29 is 8.42 Å². The quantitative estimate of drug-likeness (QED) is 0.838. The number of rotatable bonds is 6. The largest absolute Gasteiger partial charge is 0.355 e. The number of sulfonamides is 1. The van der Waals surface area contributed by atoms with Gasteiger partial charge in [0.05, 0.1) is 12.4 Å². The maximum Gasteiger partial charge on any atom is 0.243 e. The van der Waals surface area contributed by atoms with Crippen molar-refractivity contribution in [3.8, 4) is 0 Å². The summed E-state index contributed by atoms with van der Waals surface area (Å²) in [6.07, 6.45) is 2.63.